The van der Waals surface area contributed by atoms with Gasteiger partial charge in [0, 0.05) is 6.54 Å². The summed E-state index contributed by atoms with van der Waals surface area (Å²) in [6.45, 7) is 0.303. The molecule has 0 amide bonds. The molecule has 0 bridgehead atoms. The fourth-order valence-corrected chi connectivity index (χ4v) is 4.12. The summed E-state index contributed by atoms with van der Waals surface area (Å²) >= 11 is 0. The highest BCUT2D eigenvalue weighted by Crippen LogP contribution is 2.33. The molecule has 116 valence electrons. The summed E-state index contributed by atoms with van der Waals surface area (Å²) in [7, 11) is -3.46. The Morgan fingerprint density at radius 1 is 1.19 bits per heavy atom. The topological polar surface area (TPSA) is 66.4 Å². The quantitative estimate of drug-likeness (QED) is 0.844. The van der Waals surface area contributed by atoms with Crippen molar-refractivity contribution in [2.24, 2.45) is 5.92 Å². The first-order valence-corrected chi connectivity index (χ1v) is 9.34. The first-order chi connectivity index (χ1) is 10.1. The molecule has 1 atom stereocenters. The van der Waals surface area contributed by atoms with Crippen LogP contribution >= 0.6 is 0 Å². The Morgan fingerprint density at radius 2 is 1.90 bits per heavy atom. The highest BCUT2D eigenvalue weighted by molar-refractivity contribution is 7.89. The number of nitrogens with one attached hydrogen (secondary N) is 1. The normalized spacial score (nSPS) is 20.0. The average molecular weight is 309 g/mol. The van der Waals surface area contributed by atoms with E-state index in [1.165, 1.54) is 17.5 Å². The van der Waals surface area contributed by atoms with E-state index in [-0.39, 0.29) is 6.10 Å². The molecule has 2 aliphatic rings. The highest BCUT2D eigenvalue weighted by Gasteiger charge is 2.29. The van der Waals surface area contributed by atoms with Gasteiger partial charge < -0.3 is 5.11 Å². The Morgan fingerprint density at radius 3 is 2.62 bits per heavy atom. The SMILES string of the molecule is O=S(=O)(NCC[C@H](O)C1CC1)c1ccc2c(c1)CCCC2. The van der Waals surface area contributed by atoms with E-state index in [0.717, 1.165) is 32.1 Å². The third-order valence-corrected chi connectivity index (χ3v) is 5.99. The van der Waals surface area contributed by atoms with E-state index in [2.05, 4.69) is 4.72 Å². The van der Waals surface area contributed by atoms with E-state index < -0.39 is 10.0 Å². The molecule has 0 spiro atoms. The van der Waals surface area contributed by atoms with Crippen LogP contribution in [0.4, 0.5) is 0 Å². The van der Waals surface area contributed by atoms with Gasteiger partial charge in [-0.05, 0) is 74.1 Å². The van der Waals surface area contributed by atoms with Crippen LogP contribution in [0.2, 0.25) is 0 Å². The Hall–Kier alpha value is -0.910. The number of hydrogen-bond donors (Lipinski definition) is 2. The van der Waals surface area contributed by atoms with Crippen molar-refractivity contribution in [1.82, 2.24) is 4.72 Å². The van der Waals surface area contributed by atoms with Gasteiger partial charge in [0.15, 0.2) is 0 Å². The number of fused-ring (bicyclic) bond motifs is 1. The number of aliphatic hydroxyl groups is 1. The lowest BCUT2D eigenvalue weighted by Gasteiger charge is -2.17. The number of aryl methyl sites for hydroxylation is 2. The molecular weight excluding hydrogens is 286 g/mol. The number of aliphatic hydroxyl groups excluding tert-OH is 1. The van der Waals surface area contributed by atoms with Crippen molar-refractivity contribution >= 4 is 10.0 Å². The lowest BCUT2D eigenvalue weighted by molar-refractivity contribution is 0.143. The maximum Gasteiger partial charge on any atom is 0.240 e. The lowest BCUT2D eigenvalue weighted by Crippen LogP contribution is -2.28. The second-order valence-electron chi connectivity index (χ2n) is 6.23. The van der Waals surface area contributed by atoms with Gasteiger partial charge in [0.2, 0.25) is 10.0 Å². The fourth-order valence-electron chi connectivity index (χ4n) is 3.02. The molecule has 0 radical (unpaired) electrons. The van der Waals surface area contributed by atoms with Gasteiger partial charge in [0.05, 0.1) is 11.0 Å². The predicted octanol–water partition coefficient (Wildman–Crippen LogP) is 2.00. The number of hydrogen-bond acceptors (Lipinski definition) is 3. The molecule has 2 aliphatic carbocycles. The Balaban J connectivity index is 1.63. The minimum Gasteiger partial charge on any atom is -0.393 e. The molecule has 1 aromatic carbocycles. The summed E-state index contributed by atoms with van der Waals surface area (Å²) in [6, 6.07) is 5.46. The van der Waals surface area contributed by atoms with Gasteiger partial charge in [-0.3, -0.25) is 0 Å². The first-order valence-electron chi connectivity index (χ1n) is 7.86. The maximum absolute atomic E-state index is 12.3. The van der Waals surface area contributed by atoms with Crippen LogP contribution in [0.1, 0.15) is 43.2 Å². The summed E-state index contributed by atoms with van der Waals surface area (Å²) in [5.41, 5.74) is 2.45. The summed E-state index contributed by atoms with van der Waals surface area (Å²) in [5, 5.41) is 9.78. The van der Waals surface area contributed by atoms with Gasteiger partial charge in [-0.25, -0.2) is 13.1 Å². The fraction of sp³-hybridized carbons (Fsp3) is 0.625. The summed E-state index contributed by atoms with van der Waals surface area (Å²) in [4.78, 5) is 0.351. The zero-order valence-corrected chi connectivity index (χ0v) is 13.0. The molecule has 0 unspecified atom stereocenters. The first kappa shape index (κ1) is 15.0. The van der Waals surface area contributed by atoms with E-state index in [0.29, 0.717) is 23.8 Å². The monoisotopic (exact) mass is 309 g/mol. The van der Waals surface area contributed by atoms with Crippen molar-refractivity contribution in [1.29, 1.82) is 0 Å². The molecule has 0 aromatic heterocycles. The van der Waals surface area contributed by atoms with E-state index >= 15 is 0 Å². The van der Waals surface area contributed by atoms with Crippen molar-refractivity contribution in [3.8, 4) is 0 Å². The van der Waals surface area contributed by atoms with Crippen molar-refractivity contribution in [2.45, 2.75) is 55.9 Å². The third-order valence-electron chi connectivity index (χ3n) is 4.53. The predicted molar refractivity (Wildman–Crippen MR) is 81.6 cm³/mol. The molecular formula is C16H23NO3S. The second-order valence-corrected chi connectivity index (χ2v) is 8.00. The lowest BCUT2D eigenvalue weighted by atomic mass is 9.92. The minimum absolute atomic E-state index is 0.303. The molecule has 4 nitrogen and oxygen atoms in total. The summed E-state index contributed by atoms with van der Waals surface area (Å²) in [5.74, 6) is 0.387. The molecule has 3 rings (SSSR count). The van der Waals surface area contributed by atoms with Gasteiger partial charge in [0.25, 0.3) is 0 Å². The zero-order chi connectivity index (χ0) is 14.9. The zero-order valence-electron chi connectivity index (χ0n) is 12.2. The summed E-state index contributed by atoms with van der Waals surface area (Å²) < 4.78 is 27.2. The molecule has 0 heterocycles. The van der Waals surface area contributed by atoms with Crippen LogP contribution in [0.15, 0.2) is 23.1 Å². The van der Waals surface area contributed by atoms with Gasteiger partial charge >= 0.3 is 0 Å². The smallest absolute Gasteiger partial charge is 0.240 e. The third kappa shape index (κ3) is 3.65. The van der Waals surface area contributed by atoms with E-state index in [4.69, 9.17) is 0 Å². The van der Waals surface area contributed by atoms with Crippen LogP contribution in [0, 0.1) is 5.92 Å². The van der Waals surface area contributed by atoms with E-state index in [1.54, 1.807) is 6.07 Å². The van der Waals surface area contributed by atoms with Crippen LogP contribution in [0.5, 0.6) is 0 Å². The minimum atomic E-state index is -3.46. The van der Waals surface area contributed by atoms with Gasteiger partial charge in [0.1, 0.15) is 0 Å². The number of rotatable bonds is 6. The van der Waals surface area contributed by atoms with Crippen LogP contribution in [-0.4, -0.2) is 26.2 Å². The van der Waals surface area contributed by atoms with Gasteiger partial charge in [-0.2, -0.15) is 0 Å². The largest absolute Gasteiger partial charge is 0.393 e. The molecule has 1 aromatic rings. The molecule has 1 saturated carbocycles. The maximum atomic E-state index is 12.3. The number of benzene rings is 1. The highest BCUT2D eigenvalue weighted by atomic mass is 32.2. The summed E-state index contributed by atoms with van der Waals surface area (Å²) in [6.07, 6.45) is 6.62. The molecule has 0 saturated heterocycles. The molecule has 21 heavy (non-hydrogen) atoms. The standard InChI is InChI=1S/C16H23NO3S/c18-16(13-5-6-13)9-10-17-21(19,20)15-8-7-12-3-1-2-4-14(12)11-15/h7-8,11,13,16-18H,1-6,9-10H2/t16-/m0/s1. The van der Waals surface area contributed by atoms with Crippen LogP contribution in [-0.2, 0) is 22.9 Å². The van der Waals surface area contributed by atoms with Crippen LogP contribution < -0.4 is 4.72 Å². The van der Waals surface area contributed by atoms with E-state index in [9.17, 15) is 13.5 Å². The van der Waals surface area contributed by atoms with E-state index in [1.807, 2.05) is 12.1 Å². The average Bonchev–Trinajstić information content (AvgIpc) is 3.31. The van der Waals surface area contributed by atoms with Crippen molar-refractivity contribution < 1.29 is 13.5 Å². The van der Waals surface area contributed by atoms with Crippen molar-refractivity contribution in [3.63, 3.8) is 0 Å². The van der Waals surface area contributed by atoms with Crippen LogP contribution in [0.25, 0.3) is 0 Å². The van der Waals surface area contributed by atoms with Gasteiger partial charge in [-0.15, -0.1) is 0 Å². The number of sulfonamides is 1. The van der Waals surface area contributed by atoms with Crippen molar-refractivity contribution in [3.05, 3.63) is 29.3 Å². The van der Waals surface area contributed by atoms with Gasteiger partial charge in [-0.1, -0.05) is 6.07 Å². The Kier molecular flexibility index (Phi) is 4.33. The molecule has 5 heteroatoms. The molecule has 2 N–H and O–H groups in total. The van der Waals surface area contributed by atoms with Crippen LogP contribution in [0.3, 0.4) is 0 Å². The van der Waals surface area contributed by atoms with Crippen molar-refractivity contribution in [2.75, 3.05) is 6.54 Å². The molecule has 1 fully saturated rings. The second kappa shape index (κ2) is 6.07. The Bertz CT molecular complexity index is 608. The molecule has 0 aliphatic heterocycles. The Labute approximate surface area is 126 Å².